The van der Waals surface area contributed by atoms with Crippen molar-refractivity contribution in [2.24, 2.45) is 9.03 Å². The second-order valence-corrected chi connectivity index (χ2v) is 27.3. The molecule has 0 atom stereocenters. The first-order valence-corrected chi connectivity index (χ1v) is 28.5. The Morgan fingerprint density at radius 2 is 0.419 bits per heavy atom. The maximum absolute atomic E-state index is 15.8. The molecule has 310 valence electrons. The fourth-order valence-electron chi connectivity index (χ4n) is 8.30. The molecule has 0 fully saturated rings. The molecule has 0 amide bonds. The van der Waals surface area contributed by atoms with Gasteiger partial charge in [0.25, 0.3) is 0 Å². The van der Waals surface area contributed by atoms with Crippen molar-refractivity contribution in [1.29, 1.82) is 0 Å². The number of nitrogens with zero attached hydrogens (tertiary/aromatic N) is 2. The van der Waals surface area contributed by atoms with Gasteiger partial charge in [-0.2, -0.15) is 0 Å². The molecule has 0 N–H and O–H groups in total. The summed E-state index contributed by atoms with van der Waals surface area (Å²) in [5.41, 5.74) is 0. The van der Waals surface area contributed by atoms with Crippen LogP contribution >= 0.6 is 28.7 Å². The lowest BCUT2D eigenvalue weighted by Gasteiger charge is -2.30. The van der Waals surface area contributed by atoms with Crippen molar-refractivity contribution < 1.29 is 9.13 Å². The highest BCUT2D eigenvalue weighted by atomic mass is 31.2. The van der Waals surface area contributed by atoms with Gasteiger partial charge in [-0.15, -0.1) is 0 Å². The second kappa shape index (κ2) is 20.2. The summed E-state index contributed by atoms with van der Waals surface area (Å²) in [5.74, 6) is 0. The molecule has 0 aromatic heterocycles. The van der Waals surface area contributed by atoms with Gasteiger partial charge < -0.3 is 0 Å². The van der Waals surface area contributed by atoms with Gasteiger partial charge in [-0.25, -0.2) is 9.03 Å². The highest BCUT2D eigenvalue weighted by molar-refractivity contribution is 7.90. The van der Waals surface area contributed by atoms with E-state index >= 15 is 9.13 Å². The maximum Gasteiger partial charge on any atom is 0.246 e. The molecular weight excluding hydrogens is 833 g/mol. The minimum atomic E-state index is -3.46. The molecule has 0 unspecified atom stereocenters. The van der Waals surface area contributed by atoms with Crippen molar-refractivity contribution in [3.8, 4) is 0 Å². The van der Waals surface area contributed by atoms with Crippen LogP contribution in [0.2, 0.25) is 0 Å². The summed E-state index contributed by atoms with van der Waals surface area (Å²) in [6.07, 6.45) is 5.27. The van der Waals surface area contributed by atoms with Crippen LogP contribution < -0.4 is 42.4 Å². The van der Waals surface area contributed by atoms with E-state index < -0.39 is 28.7 Å². The van der Waals surface area contributed by atoms with E-state index in [0.717, 1.165) is 80.4 Å². The minimum Gasteiger partial charge on any atom is -0.288 e. The summed E-state index contributed by atoms with van der Waals surface area (Å²) in [4.78, 5) is 0. The Labute approximate surface area is 368 Å². The monoisotopic (exact) mass is 884 g/mol. The molecule has 0 aliphatic carbocycles. The van der Waals surface area contributed by atoms with Crippen LogP contribution in [0.15, 0.2) is 252 Å². The normalized spacial score (nSPS) is 12.1. The van der Waals surface area contributed by atoms with Gasteiger partial charge in [-0.1, -0.05) is 207 Å². The Hall–Kier alpha value is -5.32. The first kappa shape index (κ1) is 43.3. The molecule has 0 heterocycles. The van der Waals surface area contributed by atoms with E-state index in [4.69, 9.17) is 9.03 Å². The van der Waals surface area contributed by atoms with Crippen LogP contribution in [-0.4, -0.2) is 12.3 Å². The number of rotatable bonds is 17. The molecule has 0 saturated heterocycles. The summed E-state index contributed by atoms with van der Waals surface area (Å²) in [5, 5.41) is 7.52. The van der Waals surface area contributed by atoms with Gasteiger partial charge in [0.2, 0.25) is 14.6 Å². The van der Waals surface area contributed by atoms with Crippen molar-refractivity contribution in [3.05, 3.63) is 243 Å². The zero-order valence-corrected chi connectivity index (χ0v) is 38.4. The fourth-order valence-corrected chi connectivity index (χ4v) is 24.3. The number of hydrogen-bond donors (Lipinski definition) is 0. The Bertz CT molecular complexity index is 2470. The van der Waals surface area contributed by atoms with Gasteiger partial charge in [0, 0.05) is 35.3 Å². The Morgan fingerprint density at radius 1 is 0.242 bits per heavy atom. The molecule has 0 saturated carbocycles. The zero-order valence-electron chi connectivity index (χ0n) is 34.8. The average molecular weight is 885 g/mol. The van der Waals surface area contributed by atoms with Crippen molar-refractivity contribution in [1.82, 2.24) is 0 Å². The van der Waals surface area contributed by atoms with Gasteiger partial charge in [0.1, 0.15) is 0 Å². The SMILES string of the molecule is O=P(N=P(CCCCCCP(=NP(=O)(c1ccccc1)c1ccccc1)(c1ccccc1)c1ccccc1)(c1ccccc1)c1ccccc1)(c1ccccc1)c1ccccc1. The number of hydrogen-bond acceptors (Lipinski definition) is 2. The van der Waals surface area contributed by atoms with Crippen LogP contribution in [0.4, 0.5) is 0 Å². The fraction of sp³-hybridized carbons (Fsp3) is 0.111. The summed E-state index contributed by atoms with van der Waals surface area (Å²) < 4.78 is 43.3. The molecule has 0 spiro atoms. The van der Waals surface area contributed by atoms with Crippen LogP contribution in [0, 0.1) is 0 Å². The van der Waals surface area contributed by atoms with Crippen molar-refractivity contribution in [2.75, 3.05) is 12.3 Å². The predicted octanol–water partition coefficient (Wildman–Crippen LogP) is 12.1. The van der Waals surface area contributed by atoms with E-state index in [9.17, 15) is 0 Å². The third kappa shape index (κ3) is 9.37. The minimum absolute atomic E-state index is 0.747. The van der Waals surface area contributed by atoms with E-state index in [2.05, 4.69) is 97.1 Å². The molecule has 0 aliphatic heterocycles. The van der Waals surface area contributed by atoms with Gasteiger partial charge in [-0.05, 0) is 94.9 Å². The molecule has 0 aliphatic rings. The zero-order chi connectivity index (χ0) is 42.6. The molecular formula is C54H52N2O2P4. The predicted molar refractivity (Wildman–Crippen MR) is 271 cm³/mol. The van der Waals surface area contributed by atoms with Gasteiger partial charge in [0.05, 0.1) is 0 Å². The highest BCUT2D eigenvalue weighted by Crippen LogP contribution is 2.62. The summed E-state index contributed by atoms with van der Waals surface area (Å²) in [6, 6.07) is 81.7. The Kier molecular flexibility index (Phi) is 14.2. The lowest BCUT2D eigenvalue weighted by atomic mass is 10.2. The van der Waals surface area contributed by atoms with E-state index in [1.165, 1.54) is 0 Å². The first-order chi connectivity index (χ1) is 30.5. The van der Waals surface area contributed by atoms with Crippen LogP contribution in [0.25, 0.3) is 0 Å². The molecule has 0 radical (unpaired) electrons. The molecule has 4 nitrogen and oxygen atoms in total. The second-order valence-electron chi connectivity index (χ2n) is 15.4. The smallest absolute Gasteiger partial charge is 0.246 e. The van der Waals surface area contributed by atoms with Gasteiger partial charge >= 0.3 is 0 Å². The quantitative estimate of drug-likeness (QED) is 0.0676. The number of unbranched alkanes of at least 4 members (excludes halogenated alkanes) is 3. The average Bonchev–Trinajstić information content (AvgIpc) is 3.36. The summed E-state index contributed by atoms with van der Waals surface area (Å²) in [7, 11) is -12.1. The summed E-state index contributed by atoms with van der Waals surface area (Å²) >= 11 is 0. The van der Waals surface area contributed by atoms with Crippen molar-refractivity contribution in [2.45, 2.75) is 25.7 Å². The summed E-state index contributed by atoms with van der Waals surface area (Å²) in [6.45, 7) is 0. The Balaban J connectivity index is 1.18. The standard InChI is InChI=1S/C54H52N2O2P4/c57-61(51-37-19-7-20-38-51,52-39-21-8-22-40-52)55-59(47-29-11-3-12-30-47,48-31-13-4-14-32-48)45-27-1-2-28-46-60(49-33-15-5-16-34-49,50-35-17-6-18-36-50)56-62(58,53-41-23-9-24-42-53)54-43-25-10-26-44-54/h3-26,29-44H,1-2,27-28,45-46H2. The first-order valence-electron chi connectivity index (χ1n) is 21.4. The van der Waals surface area contributed by atoms with Gasteiger partial charge in [0.15, 0.2) is 0 Å². The third-order valence-electron chi connectivity index (χ3n) is 11.4. The van der Waals surface area contributed by atoms with E-state index in [0.29, 0.717) is 0 Å². The Morgan fingerprint density at radius 3 is 0.613 bits per heavy atom. The van der Waals surface area contributed by atoms with Crippen LogP contribution in [-0.2, 0) is 9.13 Å². The molecule has 0 bridgehead atoms. The van der Waals surface area contributed by atoms with E-state index in [1.54, 1.807) is 0 Å². The molecule has 8 heteroatoms. The van der Waals surface area contributed by atoms with Crippen LogP contribution in [0.3, 0.4) is 0 Å². The van der Waals surface area contributed by atoms with Crippen LogP contribution in [0.5, 0.6) is 0 Å². The van der Waals surface area contributed by atoms with E-state index in [1.807, 2.05) is 146 Å². The lowest BCUT2D eigenvalue weighted by Crippen LogP contribution is -2.22. The van der Waals surface area contributed by atoms with Crippen molar-refractivity contribution in [3.63, 3.8) is 0 Å². The molecule has 8 aromatic rings. The topological polar surface area (TPSA) is 58.9 Å². The lowest BCUT2D eigenvalue weighted by molar-refractivity contribution is 0.587. The van der Waals surface area contributed by atoms with Gasteiger partial charge in [-0.3, -0.25) is 9.13 Å². The third-order valence-corrected chi connectivity index (χ3v) is 26.4. The maximum atomic E-state index is 15.8. The molecule has 62 heavy (non-hydrogen) atoms. The molecule has 8 rings (SSSR count). The largest absolute Gasteiger partial charge is 0.288 e. The highest BCUT2D eigenvalue weighted by Gasteiger charge is 2.35. The van der Waals surface area contributed by atoms with Crippen LogP contribution in [0.1, 0.15) is 25.7 Å². The van der Waals surface area contributed by atoms with Crippen molar-refractivity contribution >= 4 is 71.1 Å². The number of benzene rings is 8. The molecule has 8 aromatic carbocycles. The van der Waals surface area contributed by atoms with E-state index in [-0.39, 0.29) is 0 Å².